The van der Waals surface area contributed by atoms with Gasteiger partial charge in [-0.3, -0.25) is 9.10 Å². The largest absolute Gasteiger partial charge is 0.350 e. The Morgan fingerprint density at radius 1 is 0.967 bits per heavy atom. The zero-order chi connectivity index (χ0) is 22.7. The summed E-state index contributed by atoms with van der Waals surface area (Å²) in [6, 6.07) is 11.5. The maximum absolute atomic E-state index is 13.3. The minimum Gasteiger partial charge on any atom is -0.350 e. The summed E-state index contributed by atoms with van der Waals surface area (Å²) in [4.78, 5) is 12.8. The third-order valence-corrected chi connectivity index (χ3v) is 6.25. The van der Waals surface area contributed by atoms with Gasteiger partial charge in [0.2, 0.25) is 5.91 Å². The Morgan fingerprint density at radius 2 is 1.50 bits per heavy atom. The van der Waals surface area contributed by atoms with Crippen LogP contribution in [0.15, 0.2) is 53.4 Å². The molecule has 0 aromatic heterocycles. The molecular formula is C23H31FN2O3S. The summed E-state index contributed by atoms with van der Waals surface area (Å²) >= 11 is 0. The van der Waals surface area contributed by atoms with E-state index in [1.54, 1.807) is 24.3 Å². The van der Waals surface area contributed by atoms with E-state index in [9.17, 15) is 17.6 Å². The fourth-order valence-corrected chi connectivity index (χ4v) is 5.10. The van der Waals surface area contributed by atoms with E-state index in [2.05, 4.69) is 26.1 Å². The van der Waals surface area contributed by atoms with Crippen molar-refractivity contribution in [2.24, 2.45) is 5.41 Å². The van der Waals surface area contributed by atoms with Crippen LogP contribution in [-0.2, 0) is 14.8 Å². The van der Waals surface area contributed by atoms with Crippen molar-refractivity contribution in [2.75, 3.05) is 10.8 Å². The number of hydrogen-bond donors (Lipinski definition) is 1. The molecule has 0 radical (unpaired) electrons. The van der Waals surface area contributed by atoms with Gasteiger partial charge in [0.15, 0.2) is 0 Å². The molecule has 0 unspecified atom stereocenters. The maximum atomic E-state index is 13.3. The van der Waals surface area contributed by atoms with E-state index in [0.29, 0.717) is 5.69 Å². The maximum Gasteiger partial charge on any atom is 0.264 e. The van der Waals surface area contributed by atoms with Gasteiger partial charge in [-0.1, -0.05) is 38.5 Å². The first-order valence-electron chi connectivity index (χ1n) is 9.86. The Labute approximate surface area is 179 Å². The Bertz CT molecular complexity index is 977. The second kappa shape index (κ2) is 8.76. The zero-order valence-electron chi connectivity index (χ0n) is 18.5. The van der Waals surface area contributed by atoms with Crippen molar-refractivity contribution < 1.29 is 17.6 Å². The lowest BCUT2D eigenvalue weighted by atomic mass is 9.82. The minimum absolute atomic E-state index is 0.00634. The van der Waals surface area contributed by atoms with Crippen molar-refractivity contribution in [1.82, 2.24) is 5.32 Å². The van der Waals surface area contributed by atoms with Gasteiger partial charge in [0, 0.05) is 5.54 Å². The van der Waals surface area contributed by atoms with Crippen molar-refractivity contribution in [2.45, 2.75) is 58.4 Å². The molecule has 0 atom stereocenters. The number of aryl methyl sites for hydroxylation is 1. The van der Waals surface area contributed by atoms with Gasteiger partial charge in [-0.05, 0) is 69.0 Å². The van der Waals surface area contributed by atoms with Crippen molar-refractivity contribution in [1.29, 1.82) is 0 Å². The van der Waals surface area contributed by atoms with Crippen molar-refractivity contribution >= 4 is 21.6 Å². The predicted octanol–water partition coefficient (Wildman–Crippen LogP) is 4.66. The summed E-state index contributed by atoms with van der Waals surface area (Å²) in [6.07, 6.45) is 0.723. The summed E-state index contributed by atoms with van der Waals surface area (Å²) in [5.74, 6) is -0.937. The van der Waals surface area contributed by atoms with E-state index in [0.717, 1.165) is 28.4 Å². The highest BCUT2D eigenvalue weighted by molar-refractivity contribution is 7.92. The SMILES string of the molecule is Cc1ccc(N(CC(=O)NC(C)(C)CC(C)(C)C)S(=O)(=O)c2ccc(F)cc2)cc1. The molecule has 0 bridgehead atoms. The molecule has 2 rings (SSSR count). The molecule has 0 aliphatic rings. The number of nitrogens with one attached hydrogen (secondary N) is 1. The molecule has 0 saturated heterocycles. The van der Waals surface area contributed by atoms with Gasteiger partial charge < -0.3 is 5.32 Å². The van der Waals surface area contributed by atoms with Crippen LogP contribution in [-0.4, -0.2) is 26.4 Å². The monoisotopic (exact) mass is 434 g/mol. The van der Waals surface area contributed by atoms with Gasteiger partial charge in [-0.25, -0.2) is 12.8 Å². The molecule has 0 spiro atoms. The first kappa shape index (κ1) is 23.9. The van der Waals surface area contributed by atoms with Gasteiger partial charge >= 0.3 is 0 Å². The smallest absolute Gasteiger partial charge is 0.264 e. The van der Waals surface area contributed by atoms with E-state index < -0.39 is 27.3 Å². The van der Waals surface area contributed by atoms with Gasteiger partial charge in [0.25, 0.3) is 10.0 Å². The van der Waals surface area contributed by atoms with Crippen molar-refractivity contribution in [3.8, 4) is 0 Å². The highest BCUT2D eigenvalue weighted by Gasteiger charge is 2.31. The van der Waals surface area contributed by atoms with E-state index in [1.807, 2.05) is 20.8 Å². The molecule has 2 aromatic rings. The highest BCUT2D eigenvalue weighted by atomic mass is 32.2. The Balaban J connectivity index is 2.36. The van der Waals surface area contributed by atoms with E-state index >= 15 is 0 Å². The molecule has 164 valence electrons. The van der Waals surface area contributed by atoms with E-state index in [1.165, 1.54) is 12.1 Å². The van der Waals surface area contributed by atoms with Crippen molar-refractivity contribution in [3.63, 3.8) is 0 Å². The Hall–Kier alpha value is -2.41. The summed E-state index contributed by atoms with van der Waals surface area (Å²) in [5, 5.41) is 2.95. The molecule has 0 fully saturated rings. The molecule has 1 amide bonds. The number of carbonyl (C=O) groups excluding carboxylic acids is 1. The van der Waals surface area contributed by atoms with Gasteiger partial charge in [-0.15, -0.1) is 0 Å². The number of anilines is 1. The number of amides is 1. The number of benzene rings is 2. The normalized spacial score (nSPS) is 12.5. The van der Waals surface area contributed by atoms with Crippen LogP contribution in [0.25, 0.3) is 0 Å². The standard InChI is InChI=1S/C23H31FN2O3S/c1-17-7-11-19(12-8-17)26(30(28,29)20-13-9-18(24)10-14-20)15-21(27)25-23(5,6)16-22(2,3)4/h7-14H,15-16H2,1-6H3,(H,25,27). The van der Waals surface area contributed by atoms with E-state index in [-0.39, 0.29) is 16.9 Å². The molecule has 5 nitrogen and oxygen atoms in total. The van der Waals surface area contributed by atoms with Crippen LogP contribution in [0.1, 0.15) is 46.6 Å². The summed E-state index contributed by atoms with van der Waals surface area (Å²) in [5.41, 5.74) is 0.823. The number of carbonyl (C=O) groups is 1. The lowest BCUT2D eigenvalue weighted by Gasteiger charge is -2.34. The highest BCUT2D eigenvalue weighted by Crippen LogP contribution is 2.28. The topological polar surface area (TPSA) is 66.5 Å². The molecule has 30 heavy (non-hydrogen) atoms. The van der Waals surface area contributed by atoms with Gasteiger partial charge in [0.1, 0.15) is 12.4 Å². The molecule has 0 aliphatic carbocycles. The lowest BCUT2D eigenvalue weighted by Crippen LogP contribution is -2.50. The Kier molecular flexibility index (Phi) is 6.97. The van der Waals surface area contributed by atoms with E-state index in [4.69, 9.17) is 0 Å². The second-order valence-electron chi connectivity index (χ2n) is 9.47. The number of sulfonamides is 1. The molecule has 0 aliphatic heterocycles. The third-order valence-electron chi connectivity index (χ3n) is 4.46. The van der Waals surface area contributed by atoms with Gasteiger partial charge in [0.05, 0.1) is 10.6 Å². The number of hydrogen-bond acceptors (Lipinski definition) is 3. The fraction of sp³-hybridized carbons (Fsp3) is 0.435. The Morgan fingerprint density at radius 3 is 2.00 bits per heavy atom. The van der Waals surface area contributed by atoms with Crippen LogP contribution in [0.5, 0.6) is 0 Å². The van der Waals surface area contributed by atoms with Crippen LogP contribution in [0.4, 0.5) is 10.1 Å². The average Bonchev–Trinajstić information content (AvgIpc) is 2.58. The van der Waals surface area contributed by atoms with Gasteiger partial charge in [-0.2, -0.15) is 0 Å². The summed E-state index contributed by atoms with van der Waals surface area (Å²) < 4.78 is 40.9. The number of rotatable bonds is 7. The van der Waals surface area contributed by atoms with Crippen LogP contribution in [0, 0.1) is 18.2 Å². The minimum atomic E-state index is -4.06. The van der Waals surface area contributed by atoms with Crippen LogP contribution in [0.3, 0.4) is 0 Å². The van der Waals surface area contributed by atoms with Crippen LogP contribution in [0.2, 0.25) is 0 Å². The quantitative estimate of drug-likeness (QED) is 0.689. The van der Waals surface area contributed by atoms with Crippen molar-refractivity contribution in [3.05, 3.63) is 59.9 Å². The molecular weight excluding hydrogens is 403 g/mol. The first-order chi connectivity index (χ1) is 13.7. The van der Waals surface area contributed by atoms with Crippen LogP contribution < -0.4 is 9.62 Å². The summed E-state index contributed by atoms with van der Waals surface area (Å²) in [6.45, 7) is 11.6. The van der Waals surface area contributed by atoms with Crippen LogP contribution >= 0.6 is 0 Å². The zero-order valence-corrected chi connectivity index (χ0v) is 19.3. The molecule has 2 aromatic carbocycles. The number of nitrogens with zero attached hydrogens (tertiary/aromatic N) is 1. The third kappa shape index (κ3) is 6.55. The molecule has 0 heterocycles. The first-order valence-corrected chi connectivity index (χ1v) is 11.3. The molecule has 7 heteroatoms. The molecule has 0 saturated carbocycles. The molecule has 1 N–H and O–H groups in total. The summed E-state index contributed by atoms with van der Waals surface area (Å²) in [7, 11) is -4.06. The number of halogens is 1. The second-order valence-corrected chi connectivity index (χ2v) is 11.3. The predicted molar refractivity (Wildman–Crippen MR) is 118 cm³/mol. The average molecular weight is 435 g/mol. The lowest BCUT2D eigenvalue weighted by molar-refractivity contribution is -0.121. The fourth-order valence-electron chi connectivity index (χ4n) is 3.68.